The molecule has 0 aliphatic carbocycles. The highest BCUT2D eigenvalue weighted by Crippen LogP contribution is 2.29. The van der Waals surface area contributed by atoms with Crippen LogP contribution in [0.15, 0.2) is 34.4 Å². The first-order chi connectivity index (χ1) is 9.47. The highest BCUT2D eigenvalue weighted by molar-refractivity contribution is 7.80. The van der Waals surface area contributed by atoms with Crippen molar-refractivity contribution in [3.05, 3.63) is 39.9 Å². The molecule has 2 aromatic rings. The van der Waals surface area contributed by atoms with Crippen LogP contribution in [0.4, 0.5) is 17.2 Å². The Kier molecular flexibility index (Phi) is 3.80. The molecular formula is C11H9N5O3S. The number of hydrogen-bond donors (Lipinski definition) is 3. The van der Waals surface area contributed by atoms with Gasteiger partial charge in [0.05, 0.1) is 4.92 Å². The molecule has 0 atom stereocenters. The number of nitrogens with zero attached hydrogens (tertiary/aromatic N) is 4. The van der Waals surface area contributed by atoms with E-state index in [0.29, 0.717) is 5.56 Å². The molecule has 0 spiro atoms. The van der Waals surface area contributed by atoms with Gasteiger partial charge in [0.2, 0.25) is 5.88 Å². The first kappa shape index (κ1) is 13.7. The molecule has 0 bridgehead atoms. The molecule has 0 aliphatic heterocycles. The zero-order chi connectivity index (χ0) is 14.7. The number of nitrogen functional groups attached to an aromatic ring is 1. The number of aliphatic imine (C=N–C) groups is 1. The monoisotopic (exact) mass is 291 g/mol. The molecule has 2 rings (SSSR count). The SMILES string of the molecule is Nc1nc(S)nc(O)c1N=Cc1ccc([N+](=O)[O-])cc1. The Morgan fingerprint density at radius 1 is 1.35 bits per heavy atom. The molecule has 0 radical (unpaired) electrons. The second-order valence-corrected chi connectivity index (χ2v) is 4.09. The van der Waals surface area contributed by atoms with Gasteiger partial charge >= 0.3 is 0 Å². The number of thiol groups is 1. The third kappa shape index (κ3) is 3.01. The van der Waals surface area contributed by atoms with Crippen molar-refractivity contribution in [2.24, 2.45) is 4.99 Å². The number of nitro groups is 1. The standard InChI is InChI=1S/C11H9N5O3S/c12-9-8(10(17)15-11(20)14-9)13-5-6-1-3-7(4-2-6)16(18)19/h1-5H,(H4,12,14,15,17,20). The minimum absolute atomic E-state index is 0.0133. The molecule has 8 nitrogen and oxygen atoms in total. The fourth-order valence-corrected chi connectivity index (χ4v) is 1.60. The normalized spacial score (nSPS) is 10.8. The lowest BCUT2D eigenvalue weighted by Gasteiger charge is -2.02. The fourth-order valence-electron chi connectivity index (χ4n) is 1.39. The summed E-state index contributed by atoms with van der Waals surface area (Å²) in [5, 5.41) is 20.1. The maximum Gasteiger partial charge on any atom is 0.269 e. The Labute approximate surface area is 118 Å². The average molecular weight is 291 g/mol. The lowest BCUT2D eigenvalue weighted by molar-refractivity contribution is -0.384. The molecule has 20 heavy (non-hydrogen) atoms. The topological polar surface area (TPSA) is 128 Å². The lowest BCUT2D eigenvalue weighted by atomic mass is 10.2. The molecule has 0 aliphatic rings. The van der Waals surface area contributed by atoms with Crippen LogP contribution >= 0.6 is 12.6 Å². The second-order valence-electron chi connectivity index (χ2n) is 3.69. The molecule has 0 saturated heterocycles. The van der Waals surface area contributed by atoms with Crippen molar-refractivity contribution in [2.75, 3.05) is 5.73 Å². The Morgan fingerprint density at radius 3 is 2.55 bits per heavy atom. The Hall–Kier alpha value is -2.68. The summed E-state index contributed by atoms with van der Waals surface area (Å²) in [6.07, 6.45) is 1.39. The Balaban J connectivity index is 2.27. The molecule has 9 heteroatoms. The summed E-state index contributed by atoms with van der Waals surface area (Å²) >= 11 is 3.86. The maximum atomic E-state index is 10.5. The molecular weight excluding hydrogens is 282 g/mol. The van der Waals surface area contributed by atoms with Crippen molar-refractivity contribution in [3.8, 4) is 5.88 Å². The minimum Gasteiger partial charge on any atom is -0.492 e. The van der Waals surface area contributed by atoms with Gasteiger partial charge in [0.1, 0.15) is 0 Å². The molecule has 1 aromatic carbocycles. The van der Waals surface area contributed by atoms with E-state index in [1.54, 1.807) is 0 Å². The fraction of sp³-hybridized carbons (Fsp3) is 0. The van der Waals surface area contributed by atoms with Crippen molar-refractivity contribution in [3.63, 3.8) is 0 Å². The summed E-state index contributed by atoms with van der Waals surface area (Å²) in [6.45, 7) is 0. The second kappa shape index (κ2) is 5.53. The smallest absolute Gasteiger partial charge is 0.269 e. The van der Waals surface area contributed by atoms with Crippen LogP contribution in [0.5, 0.6) is 5.88 Å². The third-order valence-corrected chi connectivity index (χ3v) is 2.53. The number of nitrogens with two attached hydrogens (primary N) is 1. The van der Waals surface area contributed by atoms with Crippen molar-refractivity contribution in [2.45, 2.75) is 5.16 Å². The molecule has 0 saturated carbocycles. The number of benzene rings is 1. The quantitative estimate of drug-likeness (QED) is 0.260. The van der Waals surface area contributed by atoms with Crippen LogP contribution in [0.3, 0.4) is 0 Å². The number of aromatic hydroxyl groups is 1. The molecule has 102 valence electrons. The zero-order valence-electron chi connectivity index (χ0n) is 9.96. The van der Waals surface area contributed by atoms with Crippen molar-refractivity contribution >= 4 is 36.0 Å². The largest absolute Gasteiger partial charge is 0.492 e. The lowest BCUT2D eigenvalue weighted by Crippen LogP contribution is -1.95. The summed E-state index contributed by atoms with van der Waals surface area (Å²) < 4.78 is 0. The average Bonchev–Trinajstić information content (AvgIpc) is 2.38. The van der Waals surface area contributed by atoms with Gasteiger partial charge in [-0.1, -0.05) is 0 Å². The molecule has 0 unspecified atom stereocenters. The molecule has 3 N–H and O–H groups in total. The first-order valence-electron chi connectivity index (χ1n) is 5.31. The van der Waals surface area contributed by atoms with E-state index in [2.05, 4.69) is 27.6 Å². The molecule has 1 aromatic heterocycles. The summed E-state index contributed by atoms with van der Waals surface area (Å²) in [5.41, 5.74) is 6.18. The van der Waals surface area contributed by atoms with Crippen LogP contribution in [0, 0.1) is 10.1 Å². The van der Waals surface area contributed by atoms with E-state index in [1.807, 2.05) is 0 Å². The summed E-state index contributed by atoms with van der Waals surface area (Å²) in [5.74, 6) is -0.402. The Bertz CT molecular complexity index is 664. The minimum atomic E-state index is -0.496. The van der Waals surface area contributed by atoms with Gasteiger partial charge in [0.25, 0.3) is 5.69 Å². The first-order valence-corrected chi connectivity index (χ1v) is 5.76. The van der Waals surface area contributed by atoms with E-state index in [1.165, 1.54) is 30.5 Å². The number of nitro benzene ring substituents is 1. The van der Waals surface area contributed by atoms with E-state index in [0.717, 1.165) is 0 Å². The van der Waals surface area contributed by atoms with Gasteiger partial charge in [0.15, 0.2) is 16.7 Å². The predicted molar refractivity (Wildman–Crippen MR) is 75.7 cm³/mol. The van der Waals surface area contributed by atoms with Gasteiger partial charge < -0.3 is 10.8 Å². The van der Waals surface area contributed by atoms with Crippen molar-refractivity contribution < 1.29 is 10.0 Å². The van der Waals surface area contributed by atoms with Gasteiger partial charge in [-0.25, -0.2) is 9.98 Å². The van der Waals surface area contributed by atoms with Crippen LogP contribution in [-0.4, -0.2) is 26.2 Å². The van der Waals surface area contributed by atoms with E-state index < -0.39 is 4.92 Å². The van der Waals surface area contributed by atoms with Gasteiger partial charge in [-0.15, -0.1) is 12.6 Å². The van der Waals surface area contributed by atoms with E-state index in [-0.39, 0.29) is 28.2 Å². The highest BCUT2D eigenvalue weighted by Gasteiger charge is 2.09. The zero-order valence-corrected chi connectivity index (χ0v) is 10.9. The van der Waals surface area contributed by atoms with Gasteiger partial charge in [-0.05, 0) is 17.7 Å². The summed E-state index contributed by atoms with van der Waals surface area (Å²) in [6, 6.07) is 5.72. The summed E-state index contributed by atoms with van der Waals surface area (Å²) in [4.78, 5) is 21.3. The highest BCUT2D eigenvalue weighted by atomic mass is 32.1. The summed E-state index contributed by atoms with van der Waals surface area (Å²) in [7, 11) is 0. The number of aromatic nitrogens is 2. The number of non-ortho nitro benzene ring substituents is 1. The van der Waals surface area contributed by atoms with Crippen LogP contribution in [-0.2, 0) is 0 Å². The van der Waals surface area contributed by atoms with E-state index in [9.17, 15) is 15.2 Å². The molecule has 0 amide bonds. The van der Waals surface area contributed by atoms with Gasteiger partial charge in [-0.2, -0.15) is 4.98 Å². The van der Waals surface area contributed by atoms with Crippen LogP contribution in [0.25, 0.3) is 0 Å². The van der Waals surface area contributed by atoms with Gasteiger partial charge in [0, 0.05) is 18.3 Å². The number of rotatable bonds is 3. The predicted octanol–water partition coefficient (Wildman–Crippen LogP) is 1.71. The van der Waals surface area contributed by atoms with Gasteiger partial charge in [-0.3, -0.25) is 10.1 Å². The maximum absolute atomic E-state index is 10.5. The molecule has 0 fully saturated rings. The third-order valence-electron chi connectivity index (χ3n) is 2.33. The Morgan fingerprint density at radius 2 is 2.00 bits per heavy atom. The van der Waals surface area contributed by atoms with Crippen LogP contribution in [0.1, 0.15) is 5.56 Å². The number of hydrogen-bond acceptors (Lipinski definition) is 8. The van der Waals surface area contributed by atoms with Crippen molar-refractivity contribution in [1.29, 1.82) is 0 Å². The van der Waals surface area contributed by atoms with Crippen LogP contribution in [0.2, 0.25) is 0 Å². The molecule has 1 heterocycles. The van der Waals surface area contributed by atoms with Crippen molar-refractivity contribution in [1.82, 2.24) is 9.97 Å². The van der Waals surface area contributed by atoms with Crippen LogP contribution < -0.4 is 5.73 Å². The number of anilines is 1. The van der Waals surface area contributed by atoms with E-state index in [4.69, 9.17) is 5.73 Å². The van der Waals surface area contributed by atoms with E-state index >= 15 is 0 Å².